The summed E-state index contributed by atoms with van der Waals surface area (Å²) < 4.78 is 5.28. The van der Waals surface area contributed by atoms with Gasteiger partial charge in [-0.25, -0.2) is 0 Å². The molecule has 132 valence electrons. The fraction of sp³-hybridized carbons (Fsp3) is 0.412. The van der Waals surface area contributed by atoms with Crippen LogP contribution in [-0.2, 0) is 0 Å². The van der Waals surface area contributed by atoms with Crippen LogP contribution in [0.4, 0.5) is 0 Å². The Balaban J connectivity index is 1.79. The number of carbonyl (C=O) groups excluding carboxylic acids is 2. The minimum absolute atomic E-state index is 0.111. The highest BCUT2D eigenvalue weighted by Gasteiger charge is 2.32. The number of rotatable bonds is 3. The normalized spacial score (nSPS) is 18.2. The number of hydrogen-bond acceptors (Lipinski definition) is 6. The number of aryl methyl sites for hydroxylation is 1. The van der Waals surface area contributed by atoms with E-state index >= 15 is 0 Å². The van der Waals surface area contributed by atoms with E-state index in [2.05, 4.69) is 20.4 Å². The van der Waals surface area contributed by atoms with Crippen molar-refractivity contribution in [3.63, 3.8) is 0 Å². The Hall–Kier alpha value is -2.74. The predicted molar refractivity (Wildman–Crippen MR) is 90.1 cm³/mol. The zero-order valence-electron chi connectivity index (χ0n) is 14.5. The molecule has 1 aliphatic rings. The van der Waals surface area contributed by atoms with Gasteiger partial charge in [0.1, 0.15) is 6.04 Å². The molecule has 0 saturated carbocycles. The summed E-state index contributed by atoms with van der Waals surface area (Å²) in [6.07, 6.45) is 0. The van der Waals surface area contributed by atoms with Crippen molar-refractivity contribution in [1.82, 2.24) is 25.3 Å². The summed E-state index contributed by atoms with van der Waals surface area (Å²) in [6, 6.07) is 6.60. The second kappa shape index (κ2) is 7.02. The Morgan fingerprint density at radius 1 is 1.28 bits per heavy atom. The molecule has 0 bridgehead atoms. The maximum absolute atomic E-state index is 12.9. The van der Waals surface area contributed by atoms with E-state index in [0.29, 0.717) is 42.5 Å². The number of piperazine rings is 1. The number of nitrogens with zero attached hydrogens (tertiary/aromatic N) is 4. The summed E-state index contributed by atoms with van der Waals surface area (Å²) in [6.45, 7) is 3.53. The van der Waals surface area contributed by atoms with Crippen molar-refractivity contribution in [2.75, 3.05) is 33.7 Å². The molecule has 0 radical (unpaired) electrons. The van der Waals surface area contributed by atoms with Gasteiger partial charge in [0.15, 0.2) is 5.82 Å². The zero-order valence-corrected chi connectivity index (χ0v) is 14.5. The van der Waals surface area contributed by atoms with Gasteiger partial charge in [0.2, 0.25) is 5.89 Å². The summed E-state index contributed by atoms with van der Waals surface area (Å²) in [5.74, 6) is 0.758. The lowest BCUT2D eigenvalue weighted by molar-refractivity contribution is 0.0489. The predicted octanol–water partition coefficient (Wildman–Crippen LogP) is 0.867. The Labute approximate surface area is 145 Å². The van der Waals surface area contributed by atoms with Crippen LogP contribution in [0.1, 0.15) is 38.5 Å². The molecule has 1 atom stereocenters. The van der Waals surface area contributed by atoms with Gasteiger partial charge in [-0.05, 0) is 32.2 Å². The standard InChI is InChI=1S/C17H21N5O3/c1-11-19-16(25-20-11)14-10-22(8-7-21(14)3)17(24)13-6-4-5-12(9-13)15(23)18-2/h4-6,9,14H,7-8,10H2,1-3H3,(H,18,23)/t14-/m0/s1. The minimum Gasteiger partial charge on any atom is -0.355 e. The smallest absolute Gasteiger partial charge is 0.253 e. The number of likely N-dealkylation sites (N-methyl/N-ethyl adjacent to an activating group) is 1. The third-order valence-corrected chi connectivity index (χ3v) is 4.36. The number of amides is 2. The summed E-state index contributed by atoms with van der Waals surface area (Å²) in [5, 5.41) is 6.40. The maximum atomic E-state index is 12.9. The third kappa shape index (κ3) is 3.53. The number of carbonyl (C=O) groups is 2. The van der Waals surface area contributed by atoms with Crippen LogP contribution in [0.15, 0.2) is 28.8 Å². The van der Waals surface area contributed by atoms with Gasteiger partial charge in [0, 0.05) is 37.8 Å². The molecule has 2 amide bonds. The lowest BCUT2D eigenvalue weighted by Crippen LogP contribution is -2.49. The largest absolute Gasteiger partial charge is 0.355 e. The topological polar surface area (TPSA) is 91.6 Å². The molecular weight excluding hydrogens is 322 g/mol. The van der Waals surface area contributed by atoms with Gasteiger partial charge < -0.3 is 14.7 Å². The SMILES string of the molecule is CNC(=O)c1cccc(C(=O)N2CCN(C)[C@H](c3nc(C)no3)C2)c1. The molecule has 1 fully saturated rings. The molecule has 0 aliphatic carbocycles. The van der Waals surface area contributed by atoms with Gasteiger partial charge in [0.05, 0.1) is 0 Å². The fourth-order valence-electron chi connectivity index (χ4n) is 2.89. The first-order valence-electron chi connectivity index (χ1n) is 8.11. The van der Waals surface area contributed by atoms with Crippen molar-refractivity contribution in [3.05, 3.63) is 47.1 Å². The second-order valence-corrected chi connectivity index (χ2v) is 6.09. The van der Waals surface area contributed by atoms with E-state index in [9.17, 15) is 9.59 Å². The van der Waals surface area contributed by atoms with Crippen LogP contribution in [0.25, 0.3) is 0 Å². The average Bonchev–Trinajstić information content (AvgIpc) is 3.07. The molecule has 25 heavy (non-hydrogen) atoms. The molecule has 1 aliphatic heterocycles. The molecule has 0 unspecified atom stereocenters. The maximum Gasteiger partial charge on any atom is 0.253 e. The number of benzene rings is 1. The first kappa shape index (κ1) is 17.1. The molecular formula is C17H21N5O3. The van der Waals surface area contributed by atoms with Crippen molar-refractivity contribution in [1.29, 1.82) is 0 Å². The first-order chi connectivity index (χ1) is 12.0. The highest BCUT2D eigenvalue weighted by Crippen LogP contribution is 2.24. The van der Waals surface area contributed by atoms with Crippen molar-refractivity contribution in [2.24, 2.45) is 0 Å². The highest BCUT2D eigenvalue weighted by molar-refractivity contribution is 5.99. The lowest BCUT2D eigenvalue weighted by atomic mass is 10.1. The van der Waals surface area contributed by atoms with E-state index in [4.69, 9.17) is 4.52 Å². The van der Waals surface area contributed by atoms with Crippen LogP contribution < -0.4 is 5.32 Å². The van der Waals surface area contributed by atoms with Crippen LogP contribution in [0.3, 0.4) is 0 Å². The summed E-state index contributed by atoms with van der Waals surface area (Å²) in [5.41, 5.74) is 0.956. The molecule has 2 heterocycles. The van der Waals surface area contributed by atoms with E-state index in [-0.39, 0.29) is 17.9 Å². The minimum atomic E-state index is -0.216. The molecule has 3 rings (SSSR count). The average molecular weight is 343 g/mol. The summed E-state index contributed by atoms with van der Waals surface area (Å²) in [4.78, 5) is 32.8. The Bertz CT molecular complexity index is 788. The quantitative estimate of drug-likeness (QED) is 0.889. The second-order valence-electron chi connectivity index (χ2n) is 6.09. The van der Waals surface area contributed by atoms with Gasteiger partial charge in [0.25, 0.3) is 11.8 Å². The Morgan fingerprint density at radius 3 is 2.72 bits per heavy atom. The summed E-state index contributed by atoms with van der Waals surface area (Å²) >= 11 is 0. The van der Waals surface area contributed by atoms with Crippen LogP contribution >= 0.6 is 0 Å². The molecule has 1 aromatic carbocycles. The van der Waals surface area contributed by atoms with Crippen molar-refractivity contribution >= 4 is 11.8 Å². The van der Waals surface area contributed by atoms with Crippen LogP contribution in [-0.4, -0.2) is 65.5 Å². The Morgan fingerprint density at radius 2 is 2.04 bits per heavy atom. The van der Waals surface area contributed by atoms with Gasteiger partial charge in [-0.3, -0.25) is 14.5 Å². The van der Waals surface area contributed by atoms with Gasteiger partial charge in [-0.2, -0.15) is 4.98 Å². The number of nitrogens with one attached hydrogen (secondary N) is 1. The van der Waals surface area contributed by atoms with E-state index in [1.807, 2.05) is 7.05 Å². The monoisotopic (exact) mass is 343 g/mol. The van der Waals surface area contributed by atoms with E-state index in [0.717, 1.165) is 0 Å². The third-order valence-electron chi connectivity index (χ3n) is 4.36. The fourth-order valence-corrected chi connectivity index (χ4v) is 2.89. The number of hydrogen-bond donors (Lipinski definition) is 1. The molecule has 1 aromatic heterocycles. The van der Waals surface area contributed by atoms with E-state index in [1.165, 1.54) is 0 Å². The number of aromatic nitrogens is 2. The van der Waals surface area contributed by atoms with E-state index < -0.39 is 0 Å². The molecule has 0 spiro atoms. The Kier molecular flexibility index (Phi) is 4.80. The van der Waals surface area contributed by atoms with Gasteiger partial charge in [-0.1, -0.05) is 11.2 Å². The highest BCUT2D eigenvalue weighted by atomic mass is 16.5. The summed E-state index contributed by atoms with van der Waals surface area (Å²) in [7, 11) is 3.53. The molecule has 1 N–H and O–H groups in total. The van der Waals surface area contributed by atoms with Crippen LogP contribution in [0.5, 0.6) is 0 Å². The molecule has 8 heteroatoms. The van der Waals surface area contributed by atoms with Crippen molar-refractivity contribution in [2.45, 2.75) is 13.0 Å². The van der Waals surface area contributed by atoms with Crippen LogP contribution in [0, 0.1) is 6.92 Å². The van der Waals surface area contributed by atoms with Gasteiger partial charge in [-0.15, -0.1) is 0 Å². The molecule has 2 aromatic rings. The zero-order chi connectivity index (χ0) is 18.0. The van der Waals surface area contributed by atoms with Crippen molar-refractivity contribution < 1.29 is 14.1 Å². The molecule has 8 nitrogen and oxygen atoms in total. The van der Waals surface area contributed by atoms with Gasteiger partial charge >= 0.3 is 0 Å². The van der Waals surface area contributed by atoms with Crippen LogP contribution in [0.2, 0.25) is 0 Å². The van der Waals surface area contributed by atoms with Crippen molar-refractivity contribution in [3.8, 4) is 0 Å². The lowest BCUT2D eigenvalue weighted by Gasteiger charge is -2.37. The first-order valence-corrected chi connectivity index (χ1v) is 8.11. The van der Waals surface area contributed by atoms with E-state index in [1.54, 1.807) is 43.1 Å². The molecule has 1 saturated heterocycles.